The molecule has 40 heavy (non-hydrogen) atoms. The first kappa shape index (κ1) is 27.5. The van der Waals surface area contributed by atoms with Gasteiger partial charge >= 0.3 is 0 Å². The van der Waals surface area contributed by atoms with E-state index in [0.717, 1.165) is 6.26 Å². The molecule has 0 bridgehead atoms. The summed E-state index contributed by atoms with van der Waals surface area (Å²) in [5.74, 6) is 0.258. The molecule has 0 radical (unpaired) electrons. The molecule has 0 saturated heterocycles. The smallest absolute Gasteiger partial charge is 0.235 e. The fourth-order valence-corrected chi connectivity index (χ4v) is 5.32. The molecule has 10 nitrogen and oxygen atoms in total. The summed E-state index contributed by atoms with van der Waals surface area (Å²) in [6.07, 6.45) is 2.40. The van der Waals surface area contributed by atoms with Crippen LogP contribution < -0.4 is 15.4 Å². The maximum atomic E-state index is 13.4. The minimum absolute atomic E-state index is 0.0363. The molecule has 0 aliphatic heterocycles. The number of furan rings is 1. The van der Waals surface area contributed by atoms with Crippen LogP contribution in [0.5, 0.6) is 5.75 Å². The molecule has 0 spiro atoms. The molecule has 5 aromatic rings. The maximum absolute atomic E-state index is 13.4. The highest BCUT2D eigenvalue weighted by atomic mass is 35.5. The van der Waals surface area contributed by atoms with Crippen molar-refractivity contribution in [1.29, 1.82) is 0 Å². The fourth-order valence-electron chi connectivity index (χ4n) is 3.63. The number of hydrogen-bond acceptors (Lipinski definition) is 10. The van der Waals surface area contributed by atoms with E-state index in [1.165, 1.54) is 29.8 Å². The van der Waals surface area contributed by atoms with Crippen molar-refractivity contribution in [1.82, 2.24) is 20.3 Å². The molecule has 0 atom stereocenters. The number of sulfone groups is 1. The van der Waals surface area contributed by atoms with Gasteiger partial charge < -0.3 is 19.8 Å². The maximum Gasteiger partial charge on any atom is 0.235 e. The number of ether oxygens (including phenoxy) is 1. The highest BCUT2D eigenvalue weighted by molar-refractivity contribution is 7.91. The van der Waals surface area contributed by atoms with Gasteiger partial charge in [-0.15, -0.1) is 0 Å². The highest BCUT2D eigenvalue weighted by Gasteiger charge is 2.16. The van der Waals surface area contributed by atoms with Crippen molar-refractivity contribution in [2.24, 2.45) is 0 Å². The number of anilines is 2. The van der Waals surface area contributed by atoms with Gasteiger partial charge in [-0.1, -0.05) is 35.1 Å². The van der Waals surface area contributed by atoms with Gasteiger partial charge in [0.05, 0.1) is 11.6 Å². The van der Waals surface area contributed by atoms with Crippen molar-refractivity contribution < 1.29 is 26.8 Å². The van der Waals surface area contributed by atoms with E-state index in [4.69, 9.17) is 20.8 Å². The Morgan fingerprint density at radius 3 is 2.77 bits per heavy atom. The lowest BCUT2D eigenvalue weighted by atomic mass is 10.2. The molecule has 2 N–H and O–H groups in total. The van der Waals surface area contributed by atoms with E-state index in [2.05, 4.69) is 25.6 Å². The number of aromatic nitrogens is 3. The monoisotopic (exact) mass is 601 g/mol. The predicted octanol–water partition coefficient (Wildman–Crippen LogP) is 5.12. The zero-order valence-corrected chi connectivity index (χ0v) is 23.2. The summed E-state index contributed by atoms with van der Waals surface area (Å²) in [5, 5.41) is 6.61. The first-order valence-electron chi connectivity index (χ1n) is 11.7. The molecule has 2 aromatic carbocycles. The molecule has 3 heterocycles. The zero-order chi connectivity index (χ0) is 28.3. The molecule has 206 valence electrons. The number of carbonyl (C=O) groups excluding carboxylic acids is 1. The Balaban J connectivity index is 1.27. The van der Waals surface area contributed by atoms with Crippen molar-refractivity contribution in [3.63, 3.8) is 0 Å². The molecule has 1 amide bonds. The molecule has 0 saturated carbocycles. The fraction of sp³-hybridized carbons (Fsp3) is 0.154. The molecule has 3 aromatic heterocycles. The number of nitrogens with zero attached hydrogens (tertiary/aromatic N) is 3. The van der Waals surface area contributed by atoms with E-state index < -0.39 is 21.5 Å². The van der Waals surface area contributed by atoms with Crippen LogP contribution in [0.15, 0.2) is 65.3 Å². The first-order chi connectivity index (χ1) is 19.1. The largest absolute Gasteiger partial charge is 0.487 e. The van der Waals surface area contributed by atoms with E-state index in [1.807, 2.05) is 0 Å². The van der Waals surface area contributed by atoms with Crippen molar-refractivity contribution in [2.75, 3.05) is 17.3 Å². The second kappa shape index (κ2) is 11.6. The number of carbonyl (C=O) groups is 1. The van der Waals surface area contributed by atoms with Gasteiger partial charge in [-0.2, -0.15) is 0 Å². The lowest BCUT2D eigenvalue weighted by Crippen LogP contribution is -2.29. The number of fused-ring (bicyclic) bond motifs is 1. The summed E-state index contributed by atoms with van der Waals surface area (Å²) in [6, 6.07) is 14.7. The summed E-state index contributed by atoms with van der Waals surface area (Å²) < 4.78 is 47.4. The Morgan fingerprint density at radius 2 is 2.00 bits per heavy atom. The van der Waals surface area contributed by atoms with E-state index in [9.17, 15) is 17.6 Å². The van der Waals surface area contributed by atoms with Crippen molar-refractivity contribution in [3.8, 4) is 16.5 Å². The predicted molar refractivity (Wildman–Crippen MR) is 150 cm³/mol. The van der Waals surface area contributed by atoms with Gasteiger partial charge in [-0.25, -0.2) is 27.8 Å². The number of thiazole rings is 1. The van der Waals surface area contributed by atoms with Gasteiger partial charge in [0.25, 0.3) is 0 Å². The van der Waals surface area contributed by atoms with Crippen LogP contribution in [0.4, 0.5) is 15.9 Å². The van der Waals surface area contributed by atoms with Crippen molar-refractivity contribution >= 4 is 60.5 Å². The molecular formula is C26H21ClFN5O5S2. The Labute approximate surface area is 237 Å². The van der Waals surface area contributed by atoms with Crippen LogP contribution in [0.25, 0.3) is 21.1 Å². The average molecular weight is 602 g/mol. The van der Waals surface area contributed by atoms with E-state index in [-0.39, 0.29) is 19.0 Å². The van der Waals surface area contributed by atoms with Crippen LogP contribution >= 0.6 is 22.9 Å². The summed E-state index contributed by atoms with van der Waals surface area (Å²) in [7, 11) is -3.42. The van der Waals surface area contributed by atoms with Crippen LogP contribution in [0.3, 0.4) is 0 Å². The molecular weight excluding hydrogens is 581 g/mol. The number of benzene rings is 2. The van der Waals surface area contributed by atoms with Gasteiger partial charge in [0.15, 0.2) is 26.4 Å². The molecule has 0 aliphatic carbocycles. The van der Waals surface area contributed by atoms with Gasteiger partial charge in [0.2, 0.25) is 5.91 Å². The standard InChI is InChI=1S/C26H21ClFN5O5S2/c1-40(35,36)13-22(34)29-11-18-6-8-21(38-18)25-33-23-24(30-14-31-26(23)39-25)32-17-5-7-20(19(27)10-17)37-12-15-3-2-4-16(28)9-15/h2-10,14H,11-13H2,1H3,(H,29,34)(H,30,31,32). The number of rotatable bonds is 10. The van der Waals surface area contributed by atoms with Gasteiger partial charge in [0.1, 0.15) is 46.4 Å². The molecule has 5 rings (SSSR count). The number of nitrogens with one attached hydrogen (secondary N) is 2. The second-order valence-corrected chi connectivity index (χ2v) is 12.2. The average Bonchev–Trinajstić information content (AvgIpc) is 3.54. The minimum atomic E-state index is -3.42. The van der Waals surface area contributed by atoms with Gasteiger partial charge in [0, 0.05) is 11.9 Å². The van der Waals surface area contributed by atoms with E-state index >= 15 is 0 Å². The van der Waals surface area contributed by atoms with Crippen LogP contribution in [-0.2, 0) is 27.8 Å². The third-order valence-electron chi connectivity index (χ3n) is 5.40. The third-order valence-corrected chi connectivity index (χ3v) is 7.46. The molecule has 0 aliphatic rings. The Morgan fingerprint density at radius 1 is 1.15 bits per heavy atom. The molecule has 0 unspecified atom stereocenters. The normalized spacial score (nSPS) is 11.5. The van der Waals surface area contributed by atoms with Gasteiger partial charge in [-0.05, 0) is 48.0 Å². The number of halogens is 2. The Kier molecular flexibility index (Phi) is 7.96. The summed E-state index contributed by atoms with van der Waals surface area (Å²) >= 11 is 7.72. The topological polar surface area (TPSA) is 136 Å². The lowest BCUT2D eigenvalue weighted by molar-refractivity contribution is -0.118. The second-order valence-electron chi connectivity index (χ2n) is 8.70. The SMILES string of the molecule is CS(=O)(=O)CC(=O)NCc1ccc(-c2nc3c(Nc4ccc(OCc5cccc(F)c5)c(Cl)c4)ncnc3s2)o1. The number of amides is 1. The van der Waals surface area contributed by atoms with Crippen LogP contribution in [0.1, 0.15) is 11.3 Å². The van der Waals surface area contributed by atoms with Crippen LogP contribution in [-0.4, -0.2) is 41.3 Å². The summed E-state index contributed by atoms with van der Waals surface area (Å²) in [4.78, 5) is 25.6. The molecule has 0 fully saturated rings. The summed E-state index contributed by atoms with van der Waals surface area (Å²) in [5.41, 5.74) is 1.84. The van der Waals surface area contributed by atoms with Crippen LogP contribution in [0, 0.1) is 5.82 Å². The minimum Gasteiger partial charge on any atom is -0.487 e. The van der Waals surface area contributed by atoms with E-state index in [0.29, 0.717) is 54.7 Å². The van der Waals surface area contributed by atoms with Crippen LogP contribution in [0.2, 0.25) is 5.02 Å². The molecule has 14 heteroatoms. The van der Waals surface area contributed by atoms with Crippen molar-refractivity contribution in [2.45, 2.75) is 13.2 Å². The van der Waals surface area contributed by atoms with Crippen molar-refractivity contribution in [3.05, 3.63) is 83.1 Å². The lowest BCUT2D eigenvalue weighted by Gasteiger charge is -2.11. The Bertz CT molecular complexity index is 1810. The quantitative estimate of drug-likeness (QED) is 0.223. The Hall–Kier alpha value is -4.07. The summed E-state index contributed by atoms with van der Waals surface area (Å²) in [6.45, 7) is 0.203. The van der Waals surface area contributed by atoms with Gasteiger partial charge in [-0.3, -0.25) is 4.79 Å². The zero-order valence-electron chi connectivity index (χ0n) is 20.9. The third kappa shape index (κ3) is 6.92. The highest BCUT2D eigenvalue weighted by Crippen LogP contribution is 2.35. The van der Waals surface area contributed by atoms with E-state index in [1.54, 1.807) is 42.5 Å². The first-order valence-corrected chi connectivity index (χ1v) is 15.0. The number of hydrogen-bond donors (Lipinski definition) is 2.